The van der Waals surface area contributed by atoms with Crippen molar-refractivity contribution in [2.45, 2.75) is 219 Å². The lowest BCUT2D eigenvalue weighted by Crippen LogP contribution is -2.41. The zero-order chi connectivity index (χ0) is 34.5. The summed E-state index contributed by atoms with van der Waals surface area (Å²) < 4.78 is 2.09. The minimum Gasteiger partial charge on any atom is -0.391 e. The number of rotatable bonds is 36. The summed E-state index contributed by atoms with van der Waals surface area (Å²) in [5, 5.41) is 8.39. The monoisotopic (exact) mass is 655 g/mol. The summed E-state index contributed by atoms with van der Waals surface area (Å²) in [7, 11) is 11.1. The van der Waals surface area contributed by atoms with Gasteiger partial charge < -0.3 is 14.1 Å². The maximum Gasteiger partial charge on any atom is 0.101 e. The molecule has 0 saturated carbocycles. The minimum atomic E-state index is 0.281. The molecule has 0 aromatic heterocycles. The Morgan fingerprint density at radius 2 is 0.478 bits per heavy atom. The topological polar surface area (TPSA) is 20.2 Å². The molecule has 46 heavy (non-hydrogen) atoms. The van der Waals surface area contributed by atoms with Gasteiger partial charge in [-0.15, -0.1) is 0 Å². The van der Waals surface area contributed by atoms with Crippen LogP contribution < -0.4 is 0 Å². The number of nitrogens with zero attached hydrogens (tertiary/aromatic N) is 2. The van der Waals surface area contributed by atoms with Crippen molar-refractivity contribution in [2.75, 3.05) is 61.5 Å². The van der Waals surface area contributed by atoms with E-state index in [1.807, 2.05) is 0 Å². The van der Waals surface area contributed by atoms with Crippen LogP contribution >= 0.6 is 0 Å². The Bertz CT molecular complexity index is 503. The Kier molecular flexibility index (Phi) is 39.3. The molecule has 0 aromatic carbocycles. The average Bonchev–Trinajstić information content (AvgIpc) is 3.00. The van der Waals surface area contributed by atoms with Crippen LogP contribution in [0.2, 0.25) is 0 Å². The average molecular weight is 655 g/mol. The molecular formula is C43H94N2O+2. The Labute approximate surface area is 294 Å². The highest BCUT2D eigenvalue weighted by atomic mass is 16.3. The summed E-state index contributed by atoms with van der Waals surface area (Å²) in [5.41, 5.74) is 0. The SMILES string of the molecule is CCCCCCCCCCCCCCCCCC[N+](C)(C)CCCCCCCCCCCCCCCCCC.C[N+](C)(C)CCO. The maximum absolute atomic E-state index is 8.39. The van der Waals surface area contributed by atoms with Crippen LogP contribution in [-0.4, -0.2) is 75.6 Å². The van der Waals surface area contributed by atoms with Crippen molar-refractivity contribution in [3.63, 3.8) is 0 Å². The molecule has 0 amide bonds. The van der Waals surface area contributed by atoms with E-state index in [9.17, 15) is 0 Å². The minimum absolute atomic E-state index is 0.281. The molecule has 0 aliphatic heterocycles. The number of unbranched alkanes of at least 4 members (excludes halogenated alkanes) is 30. The molecule has 3 nitrogen and oxygen atoms in total. The van der Waals surface area contributed by atoms with E-state index in [4.69, 9.17) is 5.11 Å². The van der Waals surface area contributed by atoms with E-state index in [-0.39, 0.29) is 6.61 Å². The summed E-state index contributed by atoms with van der Waals surface area (Å²) in [4.78, 5) is 0. The maximum atomic E-state index is 8.39. The predicted octanol–water partition coefficient (Wildman–Crippen LogP) is 13.3. The smallest absolute Gasteiger partial charge is 0.101 e. The molecule has 0 aliphatic carbocycles. The first-order valence-electron chi connectivity index (χ1n) is 21.4. The fourth-order valence-corrected chi connectivity index (χ4v) is 6.59. The molecule has 0 spiro atoms. The second kappa shape index (κ2) is 37.7. The van der Waals surface area contributed by atoms with Gasteiger partial charge in [0.1, 0.15) is 6.54 Å². The summed E-state index contributed by atoms with van der Waals surface area (Å²) in [6.45, 7) is 8.50. The Hall–Kier alpha value is -0.120. The molecule has 0 bridgehead atoms. The van der Waals surface area contributed by atoms with Crippen LogP contribution in [-0.2, 0) is 0 Å². The van der Waals surface area contributed by atoms with E-state index in [1.54, 1.807) is 0 Å². The van der Waals surface area contributed by atoms with E-state index in [1.165, 1.54) is 223 Å². The fourth-order valence-electron chi connectivity index (χ4n) is 6.59. The molecule has 0 aromatic rings. The van der Waals surface area contributed by atoms with Gasteiger partial charge in [-0.2, -0.15) is 0 Å². The van der Waals surface area contributed by atoms with Gasteiger partial charge in [-0.1, -0.05) is 194 Å². The van der Waals surface area contributed by atoms with Gasteiger partial charge in [-0.3, -0.25) is 0 Å². The molecule has 280 valence electrons. The lowest BCUT2D eigenvalue weighted by Gasteiger charge is -2.30. The molecule has 3 heteroatoms. The molecule has 0 atom stereocenters. The van der Waals surface area contributed by atoms with Crippen LogP contribution in [0.4, 0.5) is 0 Å². The zero-order valence-corrected chi connectivity index (χ0v) is 33.8. The third-order valence-electron chi connectivity index (χ3n) is 10.0. The summed E-state index contributed by atoms with van der Waals surface area (Å²) in [5.74, 6) is 0. The van der Waals surface area contributed by atoms with Crippen molar-refractivity contribution >= 4 is 0 Å². The fraction of sp³-hybridized carbons (Fsp3) is 1.00. The second-order valence-electron chi connectivity index (χ2n) is 16.7. The summed E-state index contributed by atoms with van der Waals surface area (Å²) in [6.07, 6.45) is 46.9. The number of hydrogen-bond acceptors (Lipinski definition) is 1. The number of quaternary nitrogens is 2. The highest BCUT2D eigenvalue weighted by Crippen LogP contribution is 2.16. The van der Waals surface area contributed by atoms with Gasteiger partial charge in [0.15, 0.2) is 0 Å². The van der Waals surface area contributed by atoms with Crippen molar-refractivity contribution in [1.29, 1.82) is 0 Å². The lowest BCUT2D eigenvalue weighted by molar-refractivity contribution is -0.890. The van der Waals surface area contributed by atoms with Gasteiger partial charge >= 0.3 is 0 Å². The van der Waals surface area contributed by atoms with Crippen LogP contribution in [0.5, 0.6) is 0 Å². The van der Waals surface area contributed by atoms with Crippen molar-refractivity contribution in [3.05, 3.63) is 0 Å². The first-order valence-corrected chi connectivity index (χ1v) is 21.4. The number of hydrogen-bond donors (Lipinski definition) is 1. The summed E-state index contributed by atoms with van der Waals surface area (Å²) >= 11 is 0. The van der Waals surface area contributed by atoms with Gasteiger partial charge in [0.05, 0.1) is 54.9 Å². The standard InChI is InChI=1S/C38H80N.C5H14NO/c1-5-7-9-11-13-15-17-19-21-23-25-27-29-31-33-35-37-39(3,4)38-36-34-32-30-28-26-24-22-20-18-16-14-12-10-8-6-2;1-6(2,3)4-5-7/h5-38H2,1-4H3;7H,4-5H2,1-3H3/q2*+1. The van der Waals surface area contributed by atoms with Gasteiger partial charge in [-0.25, -0.2) is 0 Å². The molecular weight excluding hydrogens is 560 g/mol. The third-order valence-corrected chi connectivity index (χ3v) is 10.0. The quantitative estimate of drug-likeness (QED) is 0.0526. The second-order valence-corrected chi connectivity index (χ2v) is 16.7. The zero-order valence-electron chi connectivity index (χ0n) is 33.8. The molecule has 0 radical (unpaired) electrons. The van der Waals surface area contributed by atoms with E-state index in [0.717, 1.165) is 11.0 Å². The van der Waals surface area contributed by atoms with E-state index < -0.39 is 0 Å². The predicted molar refractivity (Wildman–Crippen MR) is 211 cm³/mol. The van der Waals surface area contributed by atoms with Crippen molar-refractivity contribution in [2.24, 2.45) is 0 Å². The van der Waals surface area contributed by atoms with Crippen LogP contribution in [0.3, 0.4) is 0 Å². The Balaban J connectivity index is 0. The molecule has 1 N–H and O–H groups in total. The van der Waals surface area contributed by atoms with Gasteiger partial charge in [-0.05, 0) is 25.7 Å². The van der Waals surface area contributed by atoms with Crippen LogP contribution in [0.25, 0.3) is 0 Å². The van der Waals surface area contributed by atoms with E-state index in [0.29, 0.717) is 0 Å². The van der Waals surface area contributed by atoms with Gasteiger partial charge in [0, 0.05) is 0 Å². The van der Waals surface area contributed by atoms with E-state index in [2.05, 4.69) is 49.1 Å². The molecule has 0 unspecified atom stereocenters. The first kappa shape index (κ1) is 48.0. The van der Waals surface area contributed by atoms with Crippen LogP contribution in [0.1, 0.15) is 219 Å². The number of aliphatic hydroxyl groups excluding tert-OH is 1. The van der Waals surface area contributed by atoms with Crippen LogP contribution in [0.15, 0.2) is 0 Å². The van der Waals surface area contributed by atoms with Gasteiger partial charge in [0.25, 0.3) is 0 Å². The van der Waals surface area contributed by atoms with Crippen molar-refractivity contribution in [1.82, 2.24) is 0 Å². The molecule has 0 saturated heterocycles. The van der Waals surface area contributed by atoms with E-state index >= 15 is 0 Å². The van der Waals surface area contributed by atoms with Crippen molar-refractivity contribution in [3.8, 4) is 0 Å². The van der Waals surface area contributed by atoms with Gasteiger partial charge in [0.2, 0.25) is 0 Å². The first-order chi connectivity index (χ1) is 22.2. The number of aliphatic hydroxyl groups is 1. The molecule has 0 heterocycles. The normalized spacial score (nSPS) is 12.0. The van der Waals surface area contributed by atoms with Crippen molar-refractivity contribution < 1.29 is 14.1 Å². The highest BCUT2D eigenvalue weighted by molar-refractivity contribution is 4.52. The Morgan fingerprint density at radius 3 is 0.630 bits per heavy atom. The molecule has 0 aliphatic rings. The number of likely N-dealkylation sites (N-methyl/N-ethyl adjacent to an activating group) is 1. The lowest BCUT2D eigenvalue weighted by atomic mass is 10.0. The third kappa shape index (κ3) is 46.0. The molecule has 0 fully saturated rings. The Morgan fingerprint density at radius 1 is 0.283 bits per heavy atom. The van der Waals surface area contributed by atoms with Crippen LogP contribution in [0, 0.1) is 0 Å². The summed E-state index contributed by atoms with van der Waals surface area (Å²) in [6, 6.07) is 0. The molecule has 0 rings (SSSR count). The highest BCUT2D eigenvalue weighted by Gasteiger charge is 2.13. The largest absolute Gasteiger partial charge is 0.391 e.